The SMILES string of the molecule is c1cncc(C(Cc2cccnc2N2CCCc3ncccc32)c2cccnc2)c1. The second-order valence-electron chi connectivity index (χ2n) is 7.54. The third kappa shape index (κ3) is 3.66. The highest BCUT2D eigenvalue weighted by molar-refractivity contribution is 5.66. The van der Waals surface area contributed by atoms with Gasteiger partial charge in [0.25, 0.3) is 0 Å². The van der Waals surface area contributed by atoms with Crippen LogP contribution >= 0.6 is 0 Å². The summed E-state index contributed by atoms with van der Waals surface area (Å²) in [5, 5.41) is 0. The van der Waals surface area contributed by atoms with Crippen molar-refractivity contribution >= 4 is 11.5 Å². The molecule has 5 heteroatoms. The molecule has 0 bridgehead atoms. The molecule has 0 N–H and O–H groups in total. The van der Waals surface area contributed by atoms with Gasteiger partial charge in [-0.2, -0.15) is 0 Å². The lowest BCUT2D eigenvalue weighted by Crippen LogP contribution is -2.27. The van der Waals surface area contributed by atoms with E-state index < -0.39 is 0 Å². The standard InChI is InChI=1S/C25H23N5/c1-7-20(17-26-11-1)22(21-8-2-12-27-18-21)16-19-6-3-14-29-25(19)30-15-5-9-23-24(30)10-4-13-28-23/h1-4,6-8,10-14,17-18,22H,5,9,15-16H2. The van der Waals surface area contributed by atoms with Crippen molar-refractivity contribution in [3.05, 3.63) is 108 Å². The van der Waals surface area contributed by atoms with Crippen LogP contribution in [0.3, 0.4) is 0 Å². The van der Waals surface area contributed by atoms with Gasteiger partial charge in [0.05, 0.1) is 11.4 Å². The number of aromatic nitrogens is 4. The van der Waals surface area contributed by atoms with Gasteiger partial charge in [-0.15, -0.1) is 0 Å². The fourth-order valence-electron chi connectivity index (χ4n) is 4.26. The quantitative estimate of drug-likeness (QED) is 0.491. The van der Waals surface area contributed by atoms with E-state index in [9.17, 15) is 0 Å². The summed E-state index contributed by atoms with van der Waals surface area (Å²) >= 11 is 0. The molecule has 0 amide bonds. The minimum atomic E-state index is 0.161. The Kier molecular flexibility index (Phi) is 5.17. The van der Waals surface area contributed by atoms with Crippen LogP contribution in [0.15, 0.2) is 85.7 Å². The number of anilines is 2. The average molecular weight is 393 g/mol. The third-order valence-corrected chi connectivity index (χ3v) is 5.67. The molecule has 0 aliphatic carbocycles. The Morgan fingerprint density at radius 3 is 2.23 bits per heavy atom. The largest absolute Gasteiger partial charge is 0.325 e. The lowest BCUT2D eigenvalue weighted by molar-refractivity contribution is 0.728. The first kappa shape index (κ1) is 18.4. The molecule has 148 valence electrons. The van der Waals surface area contributed by atoms with E-state index in [1.165, 1.54) is 22.4 Å². The first-order valence-corrected chi connectivity index (χ1v) is 10.4. The molecule has 0 aromatic carbocycles. The van der Waals surface area contributed by atoms with E-state index in [0.717, 1.165) is 37.3 Å². The Morgan fingerprint density at radius 2 is 1.50 bits per heavy atom. The molecule has 1 aliphatic heterocycles. The van der Waals surface area contributed by atoms with Crippen molar-refractivity contribution in [3.63, 3.8) is 0 Å². The molecule has 0 saturated carbocycles. The molecule has 1 aliphatic rings. The number of aryl methyl sites for hydroxylation is 1. The van der Waals surface area contributed by atoms with Crippen molar-refractivity contribution in [2.75, 3.05) is 11.4 Å². The second-order valence-corrected chi connectivity index (χ2v) is 7.54. The predicted molar refractivity (Wildman–Crippen MR) is 118 cm³/mol. The highest BCUT2D eigenvalue weighted by Gasteiger charge is 2.24. The van der Waals surface area contributed by atoms with E-state index in [0.29, 0.717) is 0 Å². The van der Waals surface area contributed by atoms with Crippen LogP contribution in [0.4, 0.5) is 11.5 Å². The molecular weight excluding hydrogens is 370 g/mol. The van der Waals surface area contributed by atoms with Crippen LogP contribution in [0.2, 0.25) is 0 Å². The van der Waals surface area contributed by atoms with Crippen molar-refractivity contribution in [1.29, 1.82) is 0 Å². The number of pyridine rings is 4. The zero-order chi connectivity index (χ0) is 20.2. The minimum absolute atomic E-state index is 0.161. The van der Waals surface area contributed by atoms with Crippen LogP contribution in [0, 0.1) is 0 Å². The highest BCUT2D eigenvalue weighted by atomic mass is 15.2. The maximum Gasteiger partial charge on any atom is 0.136 e. The first-order chi connectivity index (χ1) is 14.9. The molecular formula is C25H23N5. The molecule has 5 rings (SSSR count). The molecule has 4 aromatic rings. The van der Waals surface area contributed by atoms with Gasteiger partial charge in [-0.25, -0.2) is 4.98 Å². The Balaban J connectivity index is 1.55. The van der Waals surface area contributed by atoms with Crippen LogP contribution in [-0.2, 0) is 12.8 Å². The van der Waals surface area contributed by atoms with E-state index in [1.54, 1.807) is 0 Å². The van der Waals surface area contributed by atoms with Crippen LogP contribution < -0.4 is 4.90 Å². The van der Waals surface area contributed by atoms with Gasteiger partial charge < -0.3 is 4.90 Å². The molecule has 0 fully saturated rings. The van der Waals surface area contributed by atoms with E-state index in [1.807, 2.05) is 61.4 Å². The summed E-state index contributed by atoms with van der Waals surface area (Å²) in [5.41, 5.74) is 5.90. The molecule has 0 atom stereocenters. The molecule has 0 saturated heterocycles. The molecule has 0 radical (unpaired) electrons. The highest BCUT2D eigenvalue weighted by Crippen LogP contribution is 2.36. The summed E-state index contributed by atoms with van der Waals surface area (Å²) in [5.74, 6) is 1.18. The Bertz CT molecular complexity index is 1070. The Morgan fingerprint density at radius 1 is 0.800 bits per heavy atom. The summed E-state index contributed by atoms with van der Waals surface area (Å²) in [6, 6.07) is 16.6. The Labute approximate surface area is 176 Å². The third-order valence-electron chi connectivity index (χ3n) is 5.67. The van der Waals surface area contributed by atoms with Crippen molar-refractivity contribution in [1.82, 2.24) is 19.9 Å². The van der Waals surface area contributed by atoms with Gasteiger partial charge in [0.2, 0.25) is 0 Å². The maximum absolute atomic E-state index is 4.81. The molecule has 0 spiro atoms. The fraction of sp³-hybridized carbons (Fsp3) is 0.200. The smallest absolute Gasteiger partial charge is 0.136 e. The van der Waals surface area contributed by atoms with Gasteiger partial charge in [0.1, 0.15) is 5.82 Å². The topological polar surface area (TPSA) is 54.8 Å². The van der Waals surface area contributed by atoms with Crippen LogP contribution in [-0.4, -0.2) is 26.5 Å². The van der Waals surface area contributed by atoms with Gasteiger partial charge in [-0.1, -0.05) is 18.2 Å². The normalized spacial score (nSPS) is 13.3. The first-order valence-electron chi connectivity index (χ1n) is 10.4. The summed E-state index contributed by atoms with van der Waals surface area (Å²) in [4.78, 5) is 20.4. The number of hydrogen-bond acceptors (Lipinski definition) is 5. The van der Waals surface area contributed by atoms with Gasteiger partial charge in [0, 0.05) is 49.6 Å². The number of hydrogen-bond donors (Lipinski definition) is 0. The van der Waals surface area contributed by atoms with E-state index in [-0.39, 0.29) is 5.92 Å². The molecule has 4 aromatic heterocycles. The van der Waals surface area contributed by atoms with Gasteiger partial charge in [0.15, 0.2) is 0 Å². The number of nitrogens with zero attached hydrogens (tertiary/aromatic N) is 5. The van der Waals surface area contributed by atoms with Gasteiger partial charge in [-0.3, -0.25) is 15.0 Å². The summed E-state index contributed by atoms with van der Waals surface area (Å²) in [7, 11) is 0. The second kappa shape index (κ2) is 8.41. The van der Waals surface area contributed by atoms with E-state index in [2.05, 4.69) is 44.1 Å². The minimum Gasteiger partial charge on any atom is -0.325 e. The van der Waals surface area contributed by atoms with E-state index in [4.69, 9.17) is 4.98 Å². The monoisotopic (exact) mass is 393 g/mol. The zero-order valence-electron chi connectivity index (χ0n) is 16.7. The lowest BCUT2D eigenvalue weighted by Gasteiger charge is -2.31. The zero-order valence-corrected chi connectivity index (χ0v) is 16.7. The Hall–Kier alpha value is -3.60. The van der Waals surface area contributed by atoms with Crippen LogP contribution in [0.5, 0.6) is 0 Å². The van der Waals surface area contributed by atoms with E-state index >= 15 is 0 Å². The summed E-state index contributed by atoms with van der Waals surface area (Å²) < 4.78 is 0. The summed E-state index contributed by atoms with van der Waals surface area (Å²) in [6.07, 6.45) is 14.2. The van der Waals surface area contributed by atoms with Gasteiger partial charge in [-0.05, 0) is 66.3 Å². The van der Waals surface area contributed by atoms with Crippen molar-refractivity contribution in [3.8, 4) is 0 Å². The van der Waals surface area contributed by atoms with Crippen molar-refractivity contribution < 1.29 is 0 Å². The lowest BCUT2D eigenvalue weighted by atomic mass is 9.87. The number of rotatable bonds is 5. The fourth-order valence-corrected chi connectivity index (χ4v) is 4.26. The predicted octanol–water partition coefficient (Wildman–Crippen LogP) is 4.73. The van der Waals surface area contributed by atoms with Gasteiger partial charge >= 0.3 is 0 Å². The van der Waals surface area contributed by atoms with Crippen molar-refractivity contribution in [2.45, 2.75) is 25.2 Å². The molecule has 30 heavy (non-hydrogen) atoms. The molecule has 5 nitrogen and oxygen atoms in total. The number of fused-ring (bicyclic) bond motifs is 1. The average Bonchev–Trinajstić information content (AvgIpc) is 2.83. The maximum atomic E-state index is 4.81. The van der Waals surface area contributed by atoms with Crippen LogP contribution in [0.1, 0.15) is 34.7 Å². The summed E-state index contributed by atoms with van der Waals surface area (Å²) in [6.45, 7) is 0.952. The molecule has 0 unspecified atom stereocenters. The van der Waals surface area contributed by atoms with Crippen LogP contribution in [0.25, 0.3) is 0 Å². The molecule has 5 heterocycles. The van der Waals surface area contributed by atoms with Crippen molar-refractivity contribution in [2.24, 2.45) is 0 Å².